The van der Waals surface area contributed by atoms with E-state index >= 15 is 0 Å². The fourth-order valence-corrected chi connectivity index (χ4v) is 3.25. The maximum atomic E-state index is 12.1. The molecule has 0 aromatic rings. The van der Waals surface area contributed by atoms with Gasteiger partial charge in [-0.05, 0) is 38.3 Å². The molecule has 4 nitrogen and oxygen atoms in total. The van der Waals surface area contributed by atoms with Crippen molar-refractivity contribution in [2.24, 2.45) is 0 Å². The molecule has 1 aliphatic rings. The molecule has 0 unspecified atom stereocenters. The van der Waals surface area contributed by atoms with Crippen LogP contribution in [-0.4, -0.2) is 25.2 Å². The van der Waals surface area contributed by atoms with Gasteiger partial charge in [0.1, 0.15) is 0 Å². The third kappa shape index (κ3) is 5.30. The summed E-state index contributed by atoms with van der Waals surface area (Å²) >= 11 is 0. The average molecular weight is 272 g/mol. The molecule has 0 amide bonds. The number of hydrogen-bond acceptors (Lipinski definition) is 4. The Hall–Kier alpha value is -0.700. The first kappa shape index (κ1) is 15.4. The van der Waals surface area contributed by atoms with Crippen LogP contribution in [0.3, 0.4) is 0 Å². The Bertz CT molecular complexity index is 374. The van der Waals surface area contributed by atoms with Crippen molar-refractivity contribution in [1.82, 2.24) is 0 Å². The van der Waals surface area contributed by atoms with Crippen LogP contribution in [-0.2, 0) is 18.4 Å². The fourth-order valence-electron chi connectivity index (χ4n) is 1.82. The highest BCUT2D eigenvalue weighted by Crippen LogP contribution is 2.47. The molecule has 5 heteroatoms. The molecule has 0 aliphatic heterocycles. The maximum Gasteiger partial charge on any atom is 0.334 e. The first-order chi connectivity index (χ1) is 8.59. The molecule has 0 bridgehead atoms. The van der Waals surface area contributed by atoms with Crippen molar-refractivity contribution >= 4 is 13.4 Å². The normalized spacial score (nSPS) is 17.2. The van der Waals surface area contributed by atoms with Gasteiger partial charge >= 0.3 is 7.60 Å². The lowest BCUT2D eigenvalue weighted by atomic mass is 9.98. The van der Waals surface area contributed by atoms with E-state index in [1.54, 1.807) is 26.0 Å². The van der Waals surface area contributed by atoms with Crippen molar-refractivity contribution in [2.75, 3.05) is 19.4 Å². The SMILES string of the molecule is CCOP(=O)(C/C=C/C1=CC(=O)CCC1)OCC. The summed E-state index contributed by atoms with van der Waals surface area (Å²) in [5, 5.41) is 0. The van der Waals surface area contributed by atoms with Crippen LogP contribution >= 0.6 is 7.60 Å². The van der Waals surface area contributed by atoms with Gasteiger partial charge in [0.05, 0.1) is 19.4 Å². The molecule has 0 radical (unpaired) electrons. The van der Waals surface area contributed by atoms with Gasteiger partial charge < -0.3 is 9.05 Å². The van der Waals surface area contributed by atoms with E-state index < -0.39 is 7.60 Å². The molecule has 0 spiro atoms. The predicted molar refractivity (Wildman–Crippen MR) is 71.8 cm³/mol. The van der Waals surface area contributed by atoms with Crippen molar-refractivity contribution in [2.45, 2.75) is 33.1 Å². The minimum absolute atomic E-state index is 0.165. The van der Waals surface area contributed by atoms with Gasteiger partial charge in [0, 0.05) is 6.42 Å². The lowest BCUT2D eigenvalue weighted by Crippen LogP contribution is -2.01. The van der Waals surface area contributed by atoms with Crippen LogP contribution in [0.25, 0.3) is 0 Å². The first-order valence-electron chi connectivity index (χ1n) is 6.37. The topological polar surface area (TPSA) is 52.6 Å². The molecule has 0 fully saturated rings. The Kier molecular flexibility index (Phi) is 6.55. The van der Waals surface area contributed by atoms with Crippen LogP contribution in [0.4, 0.5) is 0 Å². The summed E-state index contributed by atoms with van der Waals surface area (Å²) in [6.07, 6.45) is 7.96. The van der Waals surface area contributed by atoms with E-state index in [4.69, 9.17) is 9.05 Å². The summed E-state index contributed by atoms with van der Waals surface area (Å²) in [7, 11) is -3.00. The maximum absolute atomic E-state index is 12.1. The van der Waals surface area contributed by atoms with E-state index in [1.807, 2.05) is 6.08 Å². The van der Waals surface area contributed by atoms with Crippen molar-refractivity contribution in [3.8, 4) is 0 Å². The standard InChI is InChI=1S/C13H21O4P/c1-3-16-18(15,17-4-2)10-6-8-12-7-5-9-13(14)11-12/h6,8,11H,3-5,7,9-10H2,1-2H3/b8-6+. The van der Waals surface area contributed by atoms with Crippen LogP contribution in [0.2, 0.25) is 0 Å². The van der Waals surface area contributed by atoms with E-state index in [0.717, 1.165) is 18.4 Å². The first-order valence-corrected chi connectivity index (χ1v) is 8.10. The molecular formula is C13H21O4P. The zero-order valence-corrected chi connectivity index (χ0v) is 11.9. The van der Waals surface area contributed by atoms with Crippen LogP contribution < -0.4 is 0 Å². The molecule has 0 heterocycles. The molecule has 1 rings (SSSR count). The molecule has 0 N–H and O–H groups in total. The van der Waals surface area contributed by atoms with Crippen LogP contribution in [0.1, 0.15) is 33.1 Å². The molecule has 0 saturated heterocycles. The number of allylic oxidation sites excluding steroid dienone is 4. The van der Waals surface area contributed by atoms with Gasteiger partial charge in [-0.25, -0.2) is 0 Å². The lowest BCUT2D eigenvalue weighted by molar-refractivity contribution is -0.115. The minimum Gasteiger partial charge on any atom is -0.309 e. The Labute approximate surface area is 109 Å². The van der Waals surface area contributed by atoms with Gasteiger partial charge in [-0.1, -0.05) is 12.2 Å². The average Bonchev–Trinajstić information content (AvgIpc) is 2.29. The Balaban J connectivity index is 2.56. The zero-order valence-electron chi connectivity index (χ0n) is 11.1. The van der Waals surface area contributed by atoms with E-state index in [2.05, 4.69) is 0 Å². The predicted octanol–water partition coefficient (Wildman–Crippen LogP) is 3.49. The highest BCUT2D eigenvalue weighted by Gasteiger charge is 2.21. The quantitative estimate of drug-likeness (QED) is 0.666. The summed E-state index contributed by atoms with van der Waals surface area (Å²) in [5.74, 6) is 0.165. The number of carbonyl (C=O) groups is 1. The van der Waals surface area contributed by atoms with Crippen molar-refractivity contribution < 1.29 is 18.4 Å². The van der Waals surface area contributed by atoms with Crippen LogP contribution in [0.15, 0.2) is 23.8 Å². The smallest absolute Gasteiger partial charge is 0.309 e. The Morgan fingerprint density at radius 1 is 1.28 bits per heavy atom. The van der Waals surface area contributed by atoms with Gasteiger partial charge in [-0.15, -0.1) is 0 Å². The minimum atomic E-state index is -3.00. The summed E-state index contributed by atoms with van der Waals surface area (Å²) < 4.78 is 22.5. The van der Waals surface area contributed by atoms with E-state index in [1.165, 1.54) is 0 Å². The zero-order chi connectivity index (χ0) is 13.4. The van der Waals surface area contributed by atoms with Gasteiger partial charge in [-0.2, -0.15) is 0 Å². The summed E-state index contributed by atoms with van der Waals surface area (Å²) in [6.45, 7) is 4.31. The Morgan fingerprint density at radius 3 is 2.50 bits per heavy atom. The molecule has 18 heavy (non-hydrogen) atoms. The molecule has 0 atom stereocenters. The summed E-state index contributed by atoms with van der Waals surface area (Å²) in [4.78, 5) is 11.2. The van der Waals surface area contributed by atoms with E-state index in [9.17, 15) is 9.36 Å². The molecule has 0 aromatic carbocycles. The molecular weight excluding hydrogens is 251 g/mol. The van der Waals surface area contributed by atoms with Gasteiger partial charge in [0.25, 0.3) is 0 Å². The second kappa shape index (κ2) is 7.67. The van der Waals surface area contributed by atoms with Gasteiger partial charge in [-0.3, -0.25) is 9.36 Å². The molecule has 0 aromatic heterocycles. The molecule has 1 aliphatic carbocycles. The number of hydrogen-bond donors (Lipinski definition) is 0. The van der Waals surface area contributed by atoms with E-state index in [-0.39, 0.29) is 11.9 Å². The number of ketones is 1. The Morgan fingerprint density at radius 2 is 1.94 bits per heavy atom. The van der Waals surface area contributed by atoms with Gasteiger partial charge in [0.15, 0.2) is 5.78 Å². The van der Waals surface area contributed by atoms with Crippen molar-refractivity contribution in [1.29, 1.82) is 0 Å². The monoisotopic (exact) mass is 272 g/mol. The molecule has 0 saturated carbocycles. The molecule has 102 valence electrons. The summed E-state index contributed by atoms with van der Waals surface area (Å²) in [5.41, 5.74) is 0.991. The van der Waals surface area contributed by atoms with Crippen LogP contribution in [0.5, 0.6) is 0 Å². The second-order valence-corrected chi connectivity index (χ2v) is 6.17. The van der Waals surface area contributed by atoms with Crippen LogP contribution in [0, 0.1) is 0 Å². The fraction of sp³-hybridized carbons (Fsp3) is 0.615. The number of rotatable bonds is 7. The lowest BCUT2D eigenvalue weighted by Gasteiger charge is -2.15. The third-order valence-electron chi connectivity index (χ3n) is 2.55. The third-order valence-corrected chi connectivity index (χ3v) is 4.51. The highest BCUT2D eigenvalue weighted by molar-refractivity contribution is 7.54. The number of carbonyl (C=O) groups excluding carboxylic acids is 1. The van der Waals surface area contributed by atoms with E-state index in [0.29, 0.717) is 19.6 Å². The summed E-state index contributed by atoms with van der Waals surface area (Å²) in [6, 6.07) is 0. The second-order valence-electron chi connectivity index (χ2n) is 4.07. The van der Waals surface area contributed by atoms with Crippen molar-refractivity contribution in [3.05, 3.63) is 23.8 Å². The largest absolute Gasteiger partial charge is 0.334 e. The highest BCUT2D eigenvalue weighted by atomic mass is 31.2. The van der Waals surface area contributed by atoms with Crippen molar-refractivity contribution in [3.63, 3.8) is 0 Å². The van der Waals surface area contributed by atoms with Gasteiger partial charge in [0.2, 0.25) is 0 Å².